The number of aromatic nitrogens is 2. The molecule has 1 saturated carbocycles. The van der Waals surface area contributed by atoms with Gasteiger partial charge in [0.25, 0.3) is 0 Å². The van der Waals surface area contributed by atoms with Gasteiger partial charge in [0.05, 0.1) is 11.0 Å². The maximum atomic E-state index is 13.0. The van der Waals surface area contributed by atoms with Crippen molar-refractivity contribution in [3.05, 3.63) is 24.3 Å². The molecule has 0 spiro atoms. The molecule has 1 atom stereocenters. The molecule has 1 aliphatic rings. The number of hydrogen-bond donors (Lipinski definition) is 2. The normalized spacial score (nSPS) is 16.3. The van der Waals surface area contributed by atoms with Crippen LogP contribution in [0.15, 0.2) is 24.3 Å². The monoisotopic (exact) mass is 384 g/mol. The molecule has 0 bridgehead atoms. The predicted molar refractivity (Wildman–Crippen MR) is 112 cm³/mol. The first kappa shape index (κ1) is 20.4. The molecule has 0 aliphatic heterocycles. The lowest BCUT2D eigenvalue weighted by Crippen LogP contribution is -2.49. The fourth-order valence-corrected chi connectivity index (χ4v) is 3.98. The first-order valence-electron chi connectivity index (χ1n) is 10.6. The van der Waals surface area contributed by atoms with E-state index in [9.17, 15) is 9.59 Å². The molecule has 1 aromatic heterocycles. The minimum absolute atomic E-state index is 0.00320. The summed E-state index contributed by atoms with van der Waals surface area (Å²) in [5, 5.41) is 5.98. The molecule has 0 unspecified atom stereocenters. The van der Waals surface area contributed by atoms with Crippen LogP contribution in [0.4, 0.5) is 5.95 Å². The Morgan fingerprint density at radius 1 is 1.18 bits per heavy atom. The topological polar surface area (TPSA) is 76.0 Å². The zero-order valence-corrected chi connectivity index (χ0v) is 17.2. The van der Waals surface area contributed by atoms with Gasteiger partial charge >= 0.3 is 0 Å². The van der Waals surface area contributed by atoms with Crippen LogP contribution < -0.4 is 10.6 Å². The molecule has 1 aromatic carbocycles. The van der Waals surface area contributed by atoms with E-state index in [-0.39, 0.29) is 23.7 Å². The number of anilines is 1. The van der Waals surface area contributed by atoms with E-state index in [0.717, 1.165) is 49.7 Å². The number of aryl methyl sites for hydroxylation is 1. The van der Waals surface area contributed by atoms with Gasteiger partial charge in [-0.15, -0.1) is 0 Å². The third-order valence-corrected chi connectivity index (χ3v) is 5.56. The molecule has 6 heteroatoms. The zero-order valence-electron chi connectivity index (χ0n) is 17.2. The summed E-state index contributed by atoms with van der Waals surface area (Å²) in [7, 11) is 0. The Hall–Kier alpha value is -2.37. The summed E-state index contributed by atoms with van der Waals surface area (Å²) in [6.45, 7) is 6.79. The molecule has 1 heterocycles. The third kappa shape index (κ3) is 4.54. The average Bonchev–Trinajstić information content (AvgIpc) is 3.03. The second-order valence-electron chi connectivity index (χ2n) is 8.13. The van der Waals surface area contributed by atoms with Gasteiger partial charge in [0.15, 0.2) is 0 Å². The number of para-hydroxylation sites is 2. The maximum Gasteiger partial charge on any atom is 0.249 e. The fraction of sp³-hybridized carbons (Fsp3) is 0.591. The largest absolute Gasteiger partial charge is 0.344 e. The molecular formula is C22H32N4O2. The van der Waals surface area contributed by atoms with Crippen LogP contribution in [-0.4, -0.2) is 27.4 Å². The Labute approximate surface area is 167 Å². The van der Waals surface area contributed by atoms with Crippen molar-refractivity contribution in [1.82, 2.24) is 14.9 Å². The summed E-state index contributed by atoms with van der Waals surface area (Å²) in [4.78, 5) is 30.3. The predicted octanol–water partition coefficient (Wildman–Crippen LogP) is 4.11. The summed E-state index contributed by atoms with van der Waals surface area (Å²) in [6, 6.07) is 7.31. The summed E-state index contributed by atoms with van der Waals surface area (Å²) in [5.41, 5.74) is 1.87. The van der Waals surface area contributed by atoms with Gasteiger partial charge in [-0.3, -0.25) is 14.9 Å². The zero-order chi connectivity index (χ0) is 20.1. The lowest BCUT2D eigenvalue weighted by atomic mass is 9.88. The number of hydrogen-bond acceptors (Lipinski definition) is 3. The van der Waals surface area contributed by atoms with Gasteiger partial charge in [-0.05, 0) is 37.3 Å². The van der Waals surface area contributed by atoms with Crippen LogP contribution in [0.25, 0.3) is 11.0 Å². The minimum Gasteiger partial charge on any atom is -0.344 e. The first-order chi connectivity index (χ1) is 13.5. The van der Waals surface area contributed by atoms with E-state index in [1.165, 1.54) is 6.42 Å². The second kappa shape index (κ2) is 9.22. The van der Waals surface area contributed by atoms with Gasteiger partial charge in [-0.1, -0.05) is 52.2 Å². The first-order valence-corrected chi connectivity index (χ1v) is 10.6. The number of fused-ring (bicyclic) bond motifs is 1. The van der Waals surface area contributed by atoms with Gasteiger partial charge in [0.2, 0.25) is 17.8 Å². The Balaban J connectivity index is 1.76. The molecule has 0 saturated heterocycles. The van der Waals surface area contributed by atoms with Crippen molar-refractivity contribution in [2.45, 2.75) is 71.9 Å². The summed E-state index contributed by atoms with van der Waals surface area (Å²) >= 11 is 0. The van der Waals surface area contributed by atoms with Gasteiger partial charge in [0.1, 0.15) is 6.04 Å². The van der Waals surface area contributed by atoms with Crippen LogP contribution in [0.2, 0.25) is 0 Å². The SMILES string of the molecule is CCCn1c(NC(=O)[C@@H](NC(=O)C2CCCCC2)C(C)C)nc2ccccc21. The maximum absolute atomic E-state index is 13.0. The summed E-state index contributed by atoms with van der Waals surface area (Å²) in [5.74, 6) is 0.386. The quantitative estimate of drug-likeness (QED) is 0.754. The van der Waals surface area contributed by atoms with E-state index >= 15 is 0 Å². The number of nitrogens with zero attached hydrogens (tertiary/aromatic N) is 2. The number of rotatable bonds is 7. The molecule has 3 rings (SSSR count). The number of carbonyl (C=O) groups is 2. The highest BCUT2D eigenvalue weighted by atomic mass is 16.2. The second-order valence-corrected chi connectivity index (χ2v) is 8.13. The lowest BCUT2D eigenvalue weighted by molar-refractivity contribution is -0.130. The van der Waals surface area contributed by atoms with Crippen LogP contribution in [0.1, 0.15) is 59.3 Å². The molecule has 6 nitrogen and oxygen atoms in total. The Kier molecular flexibility index (Phi) is 6.70. The number of amides is 2. The highest BCUT2D eigenvalue weighted by Gasteiger charge is 2.29. The van der Waals surface area contributed by atoms with Gasteiger partial charge in [0, 0.05) is 12.5 Å². The van der Waals surface area contributed by atoms with Crippen molar-refractivity contribution in [3.8, 4) is 0 Å². The highest BCUT2D eigenvalue weighted by molar-refractivity contribution is 5.97. The van der Waals surface area contributed by atoms with Crippen molar-refractivity contribution in [3.63, 3.8) is 0 Å². The highest BCUT2D eigenvalue weighted by Crippen LogP contribution is 2.24. The standard InChI is InChI=1S/C22H32N4O2/c1-4-14-26-18-13-9-8-12-17(18)23-22(26)25-21(28)19(15(2)3)24-20(27)16-10-6-5-7-11-16/h8-9,12-13,15-16,19H,4-7,10-11,14H2,1-3H3,(H,24,27)(H,23,25,28)/t19-/m0/s1. The molecular weight excluding hydrogens is 352 g/mol. The summed E-state index contributed by atoms with van der Waals surface area (Å²) < 4.78 is 2.04. The molecule has 0 radical (unpaired) electrons. The number of nitrogens with one attached hydrogen (secondary N) is 2. The average molecular weight is 385 g/mol. The van der Waals surface area contributed by atoms with Crippen molar-refractivity contribution in [2.24, 2.45) is 11.8 Å². The molecule has 152 valence electrons. The molecule has 1 fully saturated rings. The van der Waals surface area contributed by atoms with Gasteiger partial charge in [-0.25, -0.2) is 4.98 Å². The Morgan fingerprint density at radius 2 is 1.89 bits per heavy atom. The van der Waals surface area contributed by atoms with E-state index in [0.29, 0.717) is 5.95 Å². The van der Waals surface area contributed by atoms with Crippen LogP contribution in [0.3, 0.4) is 0 Å². The van der Waals surface area contributed by atoms with Crippen molar-refractivity contribution >= 4 is 28.8 Å². The van der Waals surface area contributed by atoms with E-state index in [1.54, 1.807) is 0 Å². The Bertz CT molecular complexity index is 821. The molecule has 2 aromatic rings. The van der Waals surface area contributed by atoms with Crippen LogP contribution in [0.5, 0.6) is 0 Å². The lowest BCUT2D eigenvalue weighted by Gasteiger charge is -2.26. The number of imidazole rings is 1. The molecule has 2 amide bonds. The van der Waals surface area contributed by atoms with Crippen molar-refractivity contribution in [2.75, 3.05) is 5.32 Å². The van der Waals surface area contributed by atoms with E-state index < -0.39 is 6.04 Å². The van der Waals surface area contributed by atoms with Gasteiger partial charge < -0.3 is 9.88 Å². The Morgan fingerprint density at radius 3 is 2.57 bits per heavy atom. The van der Waals surface area contributed by atoms with E-state index in [2.05, 4.69) is 22.5 Å². The summed E-state index contributed by atoms with van der Waals surface area (Å²) in [6.07, 6.45) is 6.17. The molecule has 2 N–H and O–H groups in total. The molecule has 1 aliphatic carbocycles. The third-order valence-electron chi connectivity index (χ3n) is 5.56. The number of benzene rings is 1. The fourth-order valence-electron chi connectivity index (χ4n) is 3.98. The smallest absolute Gasteiger partial charge is 0.249 e. The molecule has 28 heavy (non-hydrogen) atoms. The minimum atomic E-state index is -0.565. The van der Waals surface area contributed by atoms with E-state index in [4.69, 9.17) is 0 Å². The van der Waals surface area contributed by atoms with Crippen LogP contribution in [-0.2, 0) is 16.1 Å². The van der Waals surface area contributed by atoms with Crippen molar-refractivity contribution in [1.29, 1.82) is 0 Å². The number of carbonyl (C=O) groups excluding carboxylic acids is 2. The van der Waals surface area contributed by atoms with E-state index in [1.807, 2.05) is 42.7 Å². The van der Waals surface area contributed by atoms with Gasteiger partial charge in [-0.2, -0.15) is 0 Å². The van der Waals surface area contributed by atoms with Crippen molar-refractivity contribution < 1.29 is 9.59 Å². The van der Waals surface area contributed by atoms with Crippen LogP contribution in [0, 0.1) is 11.8 Å². The van der Waals surface area contributed by atoms with Crippen LogP contribution >= 0.6 is 0 Å².